The highest BCUT2D eigenvalue weighted by molar-refractivity contribution is 8.26. The maximum Gasteiger partial charge on any atom is 0.323 e. The minimum Gasteiger partial charge on any atom is -0.496 e. The van der Waals surface area contributed by atoms with E-state index in [-0.39, 0.29) is 4.32 Å². The second-order valence-electron chi connectivity index (χ2n) is 4.61. The van der Waals surface area contributed by atoms with Gasteiger partial charge in [-0.15, -0.1) is 0 Å². The first-order valence-electron chi connectivity index (χ1n) is 6.68. The number of carbonyl (C=O) groups is 2. The maximum absolute atomic E-state index is 12.3. The molecule has 1 saturated heterocycles. The number of carboxylic acids is 1. The summed E-state index contributed by atoms with van der Waals surface area (Å²) in [5.74, 6) is -0.132. The number of aliphatic carboxylic acids is 1. The lowest BCUT2D eigenvalue weighted by Crippen LogP contribution is -2.33. The lowest BCUT2D eigenvalue weighted by atomic mass is 10.1. The van der Waals surface area contributed by atoms with Crippen molar-refractivity contribution in [2.45, 2.75) is 0 Å². The Morgan fingerprint density at radius 2 is 1.79 bits per heavy atom. The zero-order valence-electron chi connectivity index (χ0n) is 13.2. The average molecular weight is 369 g/mol. The molecular weight excluding hydrogens is 354 g/mol. The van der Waals surface area contributed by atoms with Crippen LogP contribution in [0.25, 0.3) is 6.08 Å². The number of carboxylic acid groups (broad SMARTS) is 1. The Kier molecular flexibility index (Phi) is 5.68. The van der Waals surface area contributed by atoms with Crippen LogP contribution in [0.15, 0.2) is 17.0 Å². The lowest BCUT2D eigenvalue weighted by Gasteiger charge is -2.12. The van der Waals surface area contributed by atoms with Gasteiger partial charge in [-0.05, 0) is 12.1 Å². The number of hydrogen-bond acceptors (Lipinski definition) is 7. The Hall–Kier alpha value is -2.26. The Labute approximate surface area is 148 Å². The normalized spacial score (nSPS) is 15.8. The van der Waals surface area contributed by atoms with E-state index in [0.29, 0.717) is 27.7 Å². The van der Waals surface area contributed by atoms with Crippen molar-refractivity contribution >= 4 is 46.3 Å². The van der Waals surface area contributed by atoms with Crippen molar-refractivity contribution in [1.29, 1.82) is 0 Å². The minimum absolute atomic E-state index is 0.202. The Morgan fingerprint density at radius 3 is 2.33 bits per heavy atom. The van der Waals surface area contributed by atoms with E-state index in [2.05, 4.69) is 0 Å². The molecule has 0 atom stereocenters. The van der Waals surface area contributed by atoms with E-state index in [1.165, 1.54) is 21.3 Å². The van der Waals surface area contributed by atoms with E-state index in [1.54, 1.807) is 18.2 Å². The van der Waals surface area contributed by atoms with Gasteiger partial charge in [0.1, 0.15) is 16.6 Å². The summed E-state index contributed by atoms with van der Waals surface area (Å²) in [7, 11) is 4.50. The van der Waals surface area contributed by atoms with Crippen molar-refractivity contribution in [2.75, 3.05) is 27.9 Å². The molecule has 0 bridgehead atoms. The third kappa shape index (κ3) is 3.62. The first-order chi connectivity index (χ1) is 11.4. The molecule has 128 valence electrons. The number of rotatable bonds is 6. The van der Waals surface area contributed by atoms with Crippen molar-refractivity contribution in [3.63, 3.8) is 0 Å². The summed E-state index contributed by atoms with van der Waals surface area (Å²) in [6, 6.07) is 3.31. The van der Waals surface area contributed by atoms with E-state index < -0.39 is 18.4 Å². The molecule has 9 heteroatoms. The van der Waals surface area contributed by atoms with Gasteiger partial charge >= 0.3 is 5.97 Å². The third-order valence-corrected chi connectivity index (χ3v) is 4.57. The largest absolute Gasteiger partial charge is 0.496 e. The van der Waals surface area contributed by atoms with Crippen LogP contribution in [0.3, 0.4) is 0 Å². The lowest BCUT2D eigenvalue weighted by molar-refractivity contribution is -0.140. The summed E-state index contributed by atoms with van der Waals surface area (Å²) >= 11 is 6.11. The summed E-state index contributed by atoms with van der Waals surface area (Å²) < 4.78 is 16.0. The van der Waals surface area contributed by atoms with Crippen LogP contribution >= 0.6 is 24.0 Å². The van der Waals surface area contributed by atoms with Gasteiger partial charge in [-0.1, -0.05) is 24.0 Å². The average Bonchev–Trinajstić information content (AvgIpc) is 2.81. The SMILES string of the molecule is COc1cc(OC)c(OC)cc1/C=C1\SC(=S)N(CC(=O)O)C1=O. The number of carbonyl (C=O) groups excluding carboxylic acids is 1. The van der Waals surface area contributed by atoms with Gasteiger partial charge in [0.25, 0.3) is 5.91 Å². The first kappa shape index (κ1) is 18.1. The van der Waals surface area contributed by atoms with Gasteiger partial charge in [0.05, 0.1) is 26.2 Å². The number of thioether (sulfide) groups is 1. The standard InChI is InChI=1S/C15H15NO6S2/c1-20-9-6-11(22-3)10(21-2)4-8(9)5-12-14(19)16(7-13(17)18)15(23)24-12/h4-6H,7H2,1-3H3,(H,17,18)/b12-5-. The van der Waals surface area contributed by atoms with Gasteiger partial charge in [0.2, 0.25) is 0 Å². The number of amides is 1. The number of benzene rings is 1. The highest BCUT2D eigenvalue weighted by Crippen LogP contribution is 2.38. The molecule has 1 heterocycles. The molecule has 0 unspecified atom stereocenters. The molecule has 0 radical (unpaired) electrons. The Morgan fingerprint density at radius 1 is 1.21 bits per heavy atom. The second kappa shape index (κ2) is 7.54. The van der Waals surface area contributed by atoms with Crippen LogP contribution in [0, 0.1) is 0 Å². The molecule has 1 N–H and O–H groups in total. The highest BCUT2D eigenvalue weighted by atomic mass is 32.2. The zero-order chi connectivity index (χ0) is 17.9. The first-order valence-corrected chi connectivity index (χ1v) is 7.91. The highest BCUT2D eigenvalue weighted by Gasteiger charge is 2.33. The van der Waals surface area contributed by atoms with Gasteiger partial charge in [0.15, 0.2) is 11.5 Å². The smallest absolute Gasteiger partial charge is 0.323 e. The predicted octanol–water partition coefficient (Wildman–Crippen LogP) is 2.00. The molecule has 1 aliphatic rings. The van der Waals surface area contributed by atoms with Crippen LogP contribution in [0.4, 0.5) is 0 Å². The van der Waals surface area contributed by atoms with Crippen LogP contribution in [-0.2, 0) is 9.59 Å². The van der Waals surface area contributed by atoms with Crippen LogP contribution < -0.4 is 14.2 Å². The molecule has 1 aliphatic heterocycles. The molecule has 24 heavy (non-hydrogen) atoms. The van der Waals surface area contributed by atoms with Crippen molar-refractivity contribution in [3.8, 4) is 17.2 Å². The molecule has 0 spiro atoms. The fourth-order valence-corrected chi connectivity index (χ4v) is 3.32. The molecule has 1 amide bonds. The Bertz CT molecular complexity index is 731. The molecule has 1 aromatic rings. The topological polar surface area (TPSA) is 85.3 Å². The molecule has 1 fully saturated rings. The number of nitrogens with zero attached hydrogens (tertiary/aromatic N) is 1. The van der Waals surface area contributed by atoms with Crippen LogP contribution in [0.2, 0.25) is 0 Å². The summed E-state index contributed by atoms with van der Waals surface area (Å²) in [6.45, 7) is -0.467. The van der Waals surface area contributed by atoms with E-state index in [4.69, 9.17) is 31.5 Å². The van der Waals surface area contributed by atoms with Gasteiger partial charge < -0.3 is 19.3 Å². The van der Waals surface area contributed by atoms with E-state index >= 15 is 0 Å². The molecule has 0 aliphatic carbocycles. The quantitative estimate of drug-likeness (QED) is 0.602. The van der Waals surface area contributed by atoms with Crippen molar-refractivity contribution in [2.24, 2.45) is 0 Å². The Balaban J connectivity index is 2.42. The fraction of sp³-hybridized carbons (Fsp3) is 0.267. The van der Waals surface area contributed by atoms with Crippen molar-refractivity contribution in [1.82, 2.24) is 4.90 Å². The molecule has 0 saturated carbocycles. The monoisotopic (exact) mass is 369 g/mol. The molecule has 7 nitrogen and oxygen atoms in total. The van der Waals surface area contributed by atoms with E-state index in [9.17, 15) is 9.59 Å². The summed E-state index contributed by atoms with van der Waals surface area (Å²) in [5.41, 5.74) is 0.589. The van der Waals surface area contributed by atoms with Crippen LogP contribution in [-0.4, -0.2) is 54.1 Å². The van der Waals surface area contributed by atoms with Crippen molar-refractivity contribution in [3.05, 3.63) is 22.6 Å². The summed E-state index contributed by atoms with van der Waals surface area (Å²) in [4.78, 5) is 24.5. The van der Waals surface area contributed by atoms with Crippen molar-refractivity contribution < 1.29 is 28.9 Å². The third-order valence-electron chi connectivity index (χ3n) is 3.19. The number of thiocarbonyl (C=S) groups is 1. The number of hydrogen-bond donors (Lipinski definition) is 1. The molecular formula is C15H15NO6S2. The number of methoxy groups -OCH3 is 3. The molecule has 2 rings (SSSR count). The van der Waals surface area contributed by atoms with Gasteiger partial charge in [-0.25, -0.2) is 0 Å². The summed E-state index contributed by atoms with van der Waals surface area (Å²) in [5, 5.41) is 8.86. The number of ether oxygens (including phenoxy) is 3. The van der Waals surface area contributed by atoms with Crippen LogP contribution in [0.1, 0.15) is 5.56 Å². The molecule has 0 aromatic heterocycles. The summed E-state index contributed by atoms with van der Waals surface area (Å²) in [6.07, 6.45) is 1.59. The second-order valence-corrected chi connectivity index (χ2v) is 6.29. The van der Waals surface area contributed by atoms with Crippen LogP contribution in [0.5, 0.6) is 17.2 Å². The van der Waals surface area contributed by atoms with Gasteiger partial charge in [-0.3, -0.25) is 14.5 Å². The van der Waals surface area contributed by atoms with Gasteiger partial charge in [-0.2, -0.15) is 0 Å². The predicted molar refractivity (Wildman–Crippen MR) is 93.6 cm³/mol. The maximum atomic E-state index is 12.3. The van der Waals surface area contributed by atoms with E-state index in [1.807, 2.05) is 0 Å². The minimum atomic E-state index is -1.13. The van der Waals surface area contributed by atoms with E-state index in [0.717, 1.165) is 16.7 Å². The van der Waals surface area contributed by atoms with Gasteiger partial charge in [0, 0.05) is 11.6 Å². The molecule has 1 aromatic carbocycles. The fourth-order valence-electron chi connectivity index (χ4n) is 2.08. The zero-order valence-corrected chi connectivity index (χ0v) is 14.8.